The number of benzene rings is 1. The highest BCUT2D eigenvalue weighted by Gasteiger charge is 2.15. The van der Waals surface area contributed by atoms with E-state index in [-0.39, 0.29) is 17.4 Å². The molecule has 20 heavy (non-hydrogen) atoms. The van der Waals surface area contributed by atoms with E-state index in [0.717, 1.165) is 0 Å². The van der Waals surface area contributed by atoms with Gasteiger partial charge >= 0.3 is 0 Å². The summed E-state index contributed by atoms with van der Waals surface area (Å²) in [4.78, 5) is 13.3. The van der Waals surface area contributed by atoms with Gasteiger partial charge in [-0.15, -0.1) is 0 Å². The van der Waals surface area contributed by atoms with Crippen molar-refractivity contribution in [2.45, 2.75) is 25.7 Å². The standard InChI is InChI=1S/C13H20N2O4S/c1-5-15(4)13(16)8-19-11-6-10(3)12(7-9(11)2)20(14,17)18/h6-7H,5,8H2,1-4H3,(H2,14,17,18). The van der Waals surface area contributed by atoms with E-state index in [1.54, 1.807) is 31.9 Å². The Morgan fingerprint density at radius 3 is 2.40 bits per heavy atom. The molecule has 0 aromatic heterocycles. The minimum absolute atomic E-state index is 0.0688. The van der Waals surface area contributed by atoms with Crippen LogP contribution in [0.5, 0.6) is 5.75 Å². The van der Waals surface area contributed by atoms with E-state index in [9.17, 15) is 13.2 Å². The number of aryl methyl sites for hydroxylation is 2. The zero-order chi connectivity index (χ0) is 15.5. The summed E-state index contributed by atoms with van der Waals surface area (Å²) in [6, 6.07) is 3.03. The molecule has 7 heteroatoms. The second-order valence-electron chi connectivity index (χ2n) is 4.62. The predicted molar refractivity (Wildman–Crippen MR) is 76.1 cm³/mol. The number of nitrogens with zero attached hydrogens (tertiary/aromatic N) is 1. The lowest BCUT2D eigenvalue weighted by Crippen LogP contribution is -2.31. The Balaban J connectivity index is 2.94. The van der Waals surface area contributed by atoms with E-state index >= 15 is 0 Å². The van der Waals surface area contributed by atoms with Crippen LogP contribution in [0, 0.1) is 13.8 Å². The number of primary sulfonamides is 1. The predicted octanol–water partition coefficient (Wildman–Crippen LogP) is 0.808. The van der Waals surface area contributed by atoms with Gasteiger partial charge in [0.1, 0.15) is 5.75 Å². The number of rotatable bonds is 5. The monoisotopic (exact) mass is 300 g/mol. The molecule has 0 unspecified atom stereocenters. The van der Waals surface area contributed by atoms with Crippen LogP contribution in [0.4, 0.5) is 0 Å². The van der Waals surface area contributed by atoms with Crippen molar-refractivity contribution in [3.05, 3.63) is 23.3 Å². The number of nitrogens with two attached hydrogens (primary N) is 1. The molecular formula is C13H20N2O4S. The van der Waals surface area contributed by atoms with Crippen molar-refractivity contribution < 1.29 is 17.9 Å². The average molecular weight is 300 g/mol. The number of hydrogen-bond acceptors (Lipinski definition) is 4. The van der Waals surface area contributed by atoms with Crippen LogP contribution in [0.25, 0.3) is 0 Å². The Morgan fingerprint density at radius 1 is 1.30 bits per heavy atom. The molecule has 0 bridgehead atoms. The molecule has 1 aromatic carbocycles. The number of ether oxygens (including phenoxy) is 1. The Bertz CT molecular complexity index is 611. The normalized spacial score (nSPS) is 11.2. The van der Waals surface area contributed by atoms with Gasteiger partial charge in [-0.1, -0.05) is 0 Å². The van der Waals surface area contributed by atoms with E-state index in [4.69, 9.17) is 9.88 Å². The number of hydrogen-bond donors (Lipinski definition) is 1. The minimum atomic E-state index is -3.75. The fraction of sp³-hybridized carbons (Fsp3) is 0.462. The highest BCUT2D eigenvalue weighted by molar-refractivity contribution is 7.89. The van der Waals surface area contributed by atoms with Gasteiger partial charge in [0.25, 0.3) is 5.91 Å². The molecule has 0 fully saturated rings. The second-order valence-corrected chi connectivity index (χ2v) is 6.15. The first-order valence-electron chi connectivity index (χ1n) is 6.17. The molecule has 0 aliphatic carbocycles. The zero-order valence-corrected chi connectivity index (χ0v) is 13.0. The van der Waals surface area contributed by atoms with E-state index in [1.165, 1.54) is 6.07 Å². The summed E-state index contributed by atoms with van der Waals surface area (Å²) in [5, 5.41) is 5.13. The molecule has 2 N–H and O–H groups in total. The lowest BCUT2D eigenvalue weighted by molar-refractivity contribution is -0.131. The lowest BCUT2D eigenvalue weighted by atomic mass is 10.1. The maximum Gasteiger partial charge on any atom is 0.260 e. The SMILES string of the molecule is CCN(C)C(=O)COc1cc(C)c(S(N)(=O)=O)cc1C. The maximum atomic E-state index is 11.7. The maximum absolute atomic E-state index is 11.7. The first kappa shape index (κ1) is 16.5. The fourth-order valence-electron chi connectivity index (χ4n) is 1.65. The van der Waals surface area contributed by atoms with Gasteiger partial charge in [0, 0.05) is 13.6 Å². The molecule has 0 saturated heterocycles. The largest absolute Gasteiger partial charge is 0.483 e. The Morgan fingerprint density at radius 2 is 1.90 bits per heavy atom. The summed E-state index contributed by atoms with van der Waals surface area (Å²) in [6.07, 6.45) is 0. The number of sulfonamides is 1. The third-order valence-electron chi connectivity index (χ3n) is 3.03. The topological polar surface area (TPSA) is 89.7 Å². The van der Waals surface area contributed by atoms with E-state index in [2.05, 4.69) is 0 Å². The number of carbonyl (C=O) groups is 1. The van der Waals surface area contributed by atoms with Gasteiger partial charge in [-0.05, 0) is 44.0 Å². The third kappa shape index (κ3) is 3.94. The molecule has 6 nitrogen and oxygen atoms in total. The van der Waals surface area contributed by atoms with Gasteiger partial charge in [0.2, 0.25) is 10.0 Å². The quantitative estimate of drug-likeness (QED) is 0.871. The molecule has 0 radical (unpaired) electrons. The Kier molecular flexibility index (Phi) is 5.13. The van der Waals surface area contributed by atoms with Gasteiger partial charge in [0.15, 0.2) is 6.61 Å². The number of likely N-dealkylation sites (N-methyl/N-ethyl adjacent to an activating group) is 1. The molecule has 0 aliphatic heterocycles. The van der Waals surface area contributed by atoms with Crippen LogP contribution >= 0.6 is 0 Å². The van der Waals surface area contributed by atoms with Gasteiger partial charge in [-0.2, -0.15) is 0 Å². The molecule has 0 spiro atoms. The summed E-state index contributed by atoms with van der Waals surface area (Å²) in [6.45, 7) is 5.72. The first-order chi connectivity index (χ1) is 9.16. The molecular weight excluding hydrogens is 280 g/mol. The highest BCUT2D eigenvalue weighted by Crippen LogP contribution is 2.25. The van der Waals surface area contributed by atoms with Crippen LogP contribution in [-0.2, 0) is 14.8 Å². The zero-order valence-electron chi connectivity index (χ0n) is 12.1. The highest BCUT2D eigenvalue weighted by atomic mass is 32.2. The van der Waals surface area contributed by atoms with Crippen molar-refractivity contribution in [1.82, 2.24) is 4.90 Å². The number of carbonyl (C=O) groups excluding carboxylic acids is 1. The molecule has 0 atom stereocenters. The van der Waals surface area contributed by atoms with E-state index < -0.39 is 10.0 Å². The minimum Gasteiger partial charge on any atom is -0.483 e. The van der Waals surface area contributed by atoms with Crippen molar-refractivity contribution >= 4 is 15.9 Å². The molecule has 0 aliphatic rings. The van der Waals surface area contributed by atoms with E-state index in [0.29, 0.717) is 23.4 Å². The first-order valence-corrected chi connectivity index (χ1v) is 7.72. The van der Waals surface area contributed by atoms with Crippen LogP contribution in [-0.4, -0.2) is 39.4 Å². The summed E-state index contributed by atoms with van der Waals surface area (Å²) >= 11 is 0. The van der Waals surface area contributed by atoms with Gasteiger partial charge in [-0.25, -0.2) is 13.6 Å². The summed E-state index contributed by atoms with van der Waals surface area (Å²) in [7, 11) is -2.06. The molecule has 1 aromatic rings. The number of amides is 1. The summed E-state index contributed by atoms with van der Waals surface area (Å²) in [5.74, 6) is 0.341. The van der Waals surface area contributed by atoms with Crippen LogP contribution < -0.4 is 9.88 Å². The third-order valence-corrected chi connectivity index (χ3v) is 4.08. The van der Waals surface area contributed by atoms with Crippen molar-refractivity contribution in [2.75, 3.05) is 20.2 Å². The van der Waals surface area contributed by atoms with Crippen LogP contribution in [0.2, 0.25) is 0 Å². The Hall–Kier alpha value is -1.60. The van der Waals surface area contributed by atoms with Gasteiger partial charge < -0.3 is 9.64 Å². The van der Waals surface area contributed by atoms with Crippen molar-refractivity contribution in [3.8, 4) is 5.75 Å². The molecule has 1 rings (SSSR count). The van der Waals surface area contributed by atoms with Crippen molar-refractivity contribution in [1.29, 1.82) is 0 Å². The molecule has 112 valence electrons. The molecule has 0 heterocycles. The fourth-order valence-corrected chi connectivity index (χ4v) is 2.50. The molecule has 0 saturated carbocycles. The van der Waals surface area contributed by atoms with Gasteiger partial charge in [-0.3, -0.25) is 4.79 Å². The average Bonchev–Trinajstić information content (AvgIpc) is 2.36. The Labute approximate surface area is 119 Å². The molecule has 1 amide bonds. The van der Waals surface area contributed by atoms with Crippen LogP contribution in [0.3, 0.4) is 0 Å². The lowest BCUT2D eigenvalue weighted by Gasteiger charge is -2.16. The van der Waals surface area contributed by atoms with Gasteiger partial charge in [0.05, 0.1) is 4.90 Å². The van der Waals surface area contributed by atoms with Crippen LogP contribution in [0.1, 0.15) is 18.1 Å². The van der Waals surface area contributed by atoms with Crippen molar-refractivity contribution in [3.63, 3.8) is 0 Å². The van der Waals surface area contributed by atoms with Crippen molar-refractivity contribution in [2.24, 2.45) is 5.14 Å². The van der Waals surface area contributed by atoms with E-state index in [1.807, 2.05) is 6.92 Å². The summed E-state index contributed by atoms with van der Waals surface area (Å²) < 4.78 is 28.2. The smallest absolute Gasteiger partial charge is 0.260 e. The van der Waals surface area contributed by atoms with Crippen LogP contribution in [0.15, 0.2) is 17.0 Å². The second kappa shape index (κ2) is 6.23. The summed E-state index contributed by atoms with van der Waals surface area (Å²) in [5.41, 5.74) is 1.11.